The largest absolute Gasteiger partial charge is 0.423 e. The summed E-state index contributed by atoms with van der Waals surface area (Å²) in [5.41, 5.74) is -2.66. The maximum Gasteiger partial charge on any atom is 0.419 e. The Balaban J connectivity index is 2.58. The molecule has 2 aromatic rings. The minimum absolute atomic E-state index is 0.0983. The van der Waals surface area contributed by atoms with Crippen molar-refractivity contribution in [3.8, 4) is 0 Å². The third-order valence-corrected chi connectivity index (χ3v) is 11.2. The highest BCUT2D eigenvalue weighted by molar-refractivity contribution is 8.36. The molecule has 0 radical (unpaired) electrons. The molecule has 1 aliphatic heterocycles. The highest BCUT2D eigenvalue weighted by Gasteiger charge is 2.46. The molecular formula is C24H27F3N2O5S3. The smallest absolute Gasteiger partial charge is 0.419 e. The first kappa shape index (κ1) is 29.1. The van der Waals surface area contributed by atoms with Gasteiger partial charge in [0.25, 0.3) is 0 Å². The van der Waals surface area contributed by atoms with Gasteiger partial charge in [-0.3, -0.25) is 14.1 Å². The van der Waals surface area contributed by atoms with Crippen LogP contribution in [0.3, 0.4) is 0 Å². The second-order valence-electron chi connectivity index (χ2n) is 9.97. The van der Waals surface area contributed by atoms with Gasteiger partial charge < -0.3 is 4.74 Å². The first-order valence-electron chi connectivity index (χ1n) is 10.9. The van der Waals surface area contributed by atoms with E-state index in [0.717, 1.165) is 25.4 Å². The molecule has 1 aromatic heterocycles. The average Bonchev–Trinajstić information content (AvgIpc) is 2.77. The van der Waals surface area contributed by atoms with Crippen LogP contribution in [0.2, 0.25) is 0 Å². The summed E-state index contributed by atoms with van der Waals surface area (Å²) in [5.74, 6) is -0.972. The van der Waals surface area contributed by atoms with Gasteiger partial charge in [0.15, 0.2) is 5.76 Å². The molecule has 202 valence electrons. The topological polar surface area (TPSA) is 93.6 Å². The minimum atomic E-state index is -5.02. The average molecular weight is 577 g/mol. The van der Waals surface area contributed by atoms with E-state index in [1.165, 1.54) is 12.3 Å². The number of carbonyl (C=O) groups excluding carboxylic acids is 1. The first-order chi connectivity index (χ1) is 16.8. The molecule has 0 saturated heterocycles. The fourth-order valence-corrected chi connectivity index (χ4v) is 7.55. The van der Waals surface area contributed by atoms with Crippen molar-refractivity contribution in [3.63, 3.8) is 0 Å². The Kier molecular flexibility index (Phi) is 7.59. The number of ether oxygens (including phenoxy) is 1. The van der Waals surface area contributed by atoms with E-state index in [-0.39, 0.29) is 26.6 Å². The van der Waals surface area contributed by atoms with Gasteiger partial charge in [0, 0.05) is 23.6 Å². The maximum atomic E-state index is 14.7. The summed E-state index contributed by atoms with van der Waals surface area (Å²) in [7, 11) is -4.48. The normalized spacial score (nSPS) is 17.7. The first-order valence-corrected chi connectivity index (χ1v) is 15.3. The molecule has 1 aliphatic rings. The number of carbonyl (C=O) groups is 1. The van der Waals surface area contributed by atoms with Gasteiger partial charge in [-0.05, 0) is 61.8 Å². The molecule has 3 rings (SSSR count). The quantitative estimate of drug-likeness (QED) is 0.481. The summed E-state index contributed by atoms with van der Waals surface area (Å²) in [6, 6.07) is 6.80. The van der Waals surface area contributed by atoms with Gasteiger partial charge in [0.2, 0.25) is 10.0 Å². The number of halogens is 3. The van der Waals surface area contributed by atoms with Crippen LogP contribution in [0, 0.1) is 5.41 Å². The summed E-state index contributed by atoms with van der Waals surface area (Å²) in [6.07, 6.45) is -2.81. The lowest BCUT2D eigenvalue weighted by molar-refractivity contribution is -0.145. The second-order valence-corrected chi connectivity index (χ2v) is 15.5. The van der Waals surface area contributed by atoms with Crippen LogP contribution in [-0.4, -0.2) is 36.9 Å². The van der Waals surface area contributed by atoms with Gasteiger partial charge in [-0.2, -0.15) is 13.2 Å². The summed E-state index contributed by atoms with van der Waals surface area (Å²) in [5, 5.41) is 0. The van der Waals surface area contributed by atoms with Gasteiger partial charge in [-0.25, -0.2) is 12.6 Å². The number of hydrogen-bond donors (Lipinski definition) is 0. The molecule has 2 heterocycles. The molecule has 7 nitrogen and oxygen atoms in total. The van der Waals surface area contributed by atoms with Crippen molar-refractivity contribution in [1.29, 1.82) is 0 Å². The van der Waals surface area contributed by atoms with Gasteiger partial charge in [-0.1, -0.05) is 18.2 Å². The molecule has 1 unspecified atom stereocenters. The van der Waals surface area contributed by atoms with Crippen molar-refractivity contribution in [3.05, 3.63) is 58.9 Å². The van der Waals surface area contributed by atoms with Crippen LogP contribution in [0.5, 0.6) is 0 Å². The number of fused-ring (bicyclic) bond motifs is 1. The van der Waals surface area contributed by atoms with Crippen LogP contribution in [-0.2, 0) is 50.2 Å². The maximum absolute atomic E-state index is 14.7. The molecule has 0 aliphatic carbocycles. The molecule has 1 aromatic carbocycles. The molecule has 0 spiro atoms. The van der Waals surface area contributed by atoms with Crippen molar-refractivity contribution in [2.24, 2.45) is 5.41 Å². The third kappa shape index (κ3) is 5.39. The number of aromatic nitrogens is 1. The predicted molar refractivity (Wildman–Crippen MR) is 140 cm³/mol. The SMILES string of the molecule is CN(c1cccc(C2=C(OC(=O)C(C)(C)C)c3ncccc3C(C)(C)S2=S=O)c1C(F)(F)F)S(C)(=O)=O. The van der Waals surface area contributed by atoms with Crippen LogP contribution in [0.4, 0.5) is 18.9 Å². The molecule has 0 fully saturated rings. The Morgan fingerprint density at radius 1 is 1.14 bits per heavy atom. The predicted octanol–water partition coefficient (Wildman–Crippen LogP) is 4.91. The summed E-state index contributed by atoms with van der Waals surface area (Å²) >= 11 is 0. The van der Waals surface area contributed by atoms with Crippen LogP contribution >= 0.6 is 0 Å². The Hall–Kier alpha value is -2.51. The highest BCUT2D eigenvalue weighted by Crippen LogP contribution is 2.51. The number of esters is 1. The van der Waals surface area contributed by atoms with Crippen LogP contribution < -0.4 is 4.31 Å². The molecular weight excluding hydrogens is 549 g/mol. The fourth-order valence-electron chi connectivity index (χ4n) is 3.77. The Morgan fingerprint density at radius 3 is 2.27 bits per heavy atom. The van der Waals surface area contributed by atoms with E-state index in [2.05, 4.69) is 4.98 Å². The highest BCUT2D eigenvalue weighted by atomic mass is 32.8. The molecule has 0 amide bonds. The van der Waals surface area contributed by atoms with Crippen LogP contribution in [0.25, 0.3) is 10.7 Å². The Labute approximate surface area is 219 Å². The van der Waals surface area contributed by atoms with E-state index in [0.29, 0.717) is 9.87 Å². The van der Waals surface area contributed by atoms with Gasteiger partial charge in [0.05, 0.1) is 27.8 Å². The van der Waals surface area contributed by atoms with Crippen LogP contribution in [0.15, 0.2) is 36.5 Å². The lowest BCUT2D eigenvalue weighted by atomic mass is 9.95. The zero-order chi connectivity index (χ0) is 28.1. The molecule has 0 saturated carbocycles. The zero-order valence-electron chi connectivity index (χ0n) is 21.3. The molecule has 37 heavy (non-hydrogen) atoms. The van der Waals surface area contributed by atoms with E-state index in [9.17, 15) is 30.6 Å². The summed E-state index contributed by atoms with van der Waals surface area (Å²) in [6.45, 7) is 8.19. The van der Waals surface area contributed by atoms with Crippen molar-refractivity contribution in [2.75, 3.05) is 17.6 Å². The fraction of sp³-hybridized carbons (Fsp3) is 0.417. The van der Waals surface area contributed by atoms with Crippen LogP contribution in [0.1, 0.15) is 57.0 Å². The molecule has 0 N–H and O–H groups in total. The number of anilines is 1. The number of benzene rings is 1. The van der Waals surface area contributed by atoms with Crippen molar-refractivity contribution in [1.82, 2.24) is 4.98 Å². The lowest BCUT2D eigenvalue weighted by Gasteiger charge is -2.37. The van der Waals surface area contributed by atoms with Crippen molar-refractivity contribution >= 4 is 52.0 Å². The van der Waals surface area contributed by atoms with E-state index in [1.54, 1.807) is 46.8 Å². The van der Waals surface area contributed by atoms with Crippen molar-refractivity contribution < 1.29 is 35.3 Å². The molecule has 1 atom stereocenters. The number of alkyl halides is 3. The Bertz CT molecular complexity index is 1470. The van der Waals surface area contributed by atoms with Crippen molar-refractivity contribution in [2.45, 2.75) is 45.5 Å². The standard InChI is InChI=1S/C24H27F3N2O5S3/c1-22(2,3)21(30)34-19-18-15(11-9-13-28-18)23(4,5)36(35-31)20(19)14-10-8-12-16(17(14)24(25,26)27)29(6)37(7,32)33/h8-13H,1-7H3. The monoisotopic (exact) mass is 576 g/mol. The molecule has 13 heteroatoms. The molecule has 0 bridgehead atoms. The third-order valence-electron chi connectivity index (χ3n) is 5.81. The van der Waals surface area contributed by atoms with E-state index >= 15 is 0 Å². The summed E-state index contributed by atoms with van der Waals surface area (Å²) in [4.78, 5) is 17.2. The summed E-state index contributed by atoms with van der Waals surface area (Å²) < 4.78 is 86.3. The van der Waals surface area contributed by atoms with Gasteiger partial charge in [0.1, 0.15) is 15.9 Å². The van der Waals surface area contributed by atoms with Gasteiger partial charge >= 0.3 is 12.1 Å². The second kappa shape index (κ2) is 9.66. The minimum Gasteiger partial charge on any atom is -0.423 e. The number of sulfonamides is 1. The number of nitrogens with zero attached hydrogens (tertiary/aromatic N) is 2. The lowest BCUT2D eigenvalue weighted by Crippen LogP contribution is -2.33. The zero-order valence-corrected chi connectivity index (χ0v) is 23.7. The number of rotatable bonds is 4. The van der Waals surface area contributed by atoms with E-state index in [4.69, 9.17) is 4.74 Å². The Morgan fingerprint density at radius 2 is 1.76 bits per heavy atom. The van der Waals surface area contributed by atoms with E-state index in [1.807, 2.05) is 0 Å². The number of hydrogen-bond acceptors (Lipinski definition) is 6. The van der Waals surface area contributed by atoms with Gasteiger partial charge in [-0.15, -0.1) is 0 Å². The number of pyridine rings is 1. The van der Waals surface area contributed by atoms with E-state index < -0.39 is 58.6 Å².